The zero-order valence-corrected chi connectivity index (χ0v) is 15.4. The number of amides is 1. The van der Waals surface area contributed by atoms with Gasteiger partial charge >= 0.3 is 0 Å². The maximum absolute atomic E-state index is 12.7. The van der Waals surface area contributed by atoms with Gasteiger partial charge in [-0.05, 0) is 31.9 Å². The molecule has 1 saturated heterocycles. The number of ether oxygens (including phenoxy) is 1. The molecule has 2 fully saturated rings. The molecule has 0 bridgehead atoms. The second kappa shape index (κ2) is 6.80. The van der Waals surface area contributed by atoms with Crippen LogP contribution in [-0.2, 0) is 14.8 Å². The summed E-state index contributed by atoms with van der Waals surface area (Å²) in [6, 6.07) is 2.51. The highest BCUT2D eigenvalue weighted by Gasteiger charge is 2.31. The van der Waals surface area contributed by atoms with E-state index in [-0.39, 0.29) is 38.6 Å². The average Bonchev–Trinajstić information content (AvgIpc) is 3.29. The molecule has 1 aliphatic carbocycles. The van der Waals surface area contributed by atoms with E-state index in [1.165, 1.54) is 12.1 Å². The second-order valence-corrected chi connectivity index (χ2v) is 8.59. The van der Waals surface area contributed by atoms with Crippen LogP contribution in [0.5, 0.6) is 0 Å². The van der Waals surface area contributed by atoms with Crippen LogP contribution in [-0.4, -0.2) is 51.1 Å². The van der Waals surface area contributed by atoms with E-state index < -0.39 is 10.0 Å². The number of halogens is 2. The highest BCUT2D eigenvalue weighted by atomic mass is 35.5. The van der Waals surface area contributed by atoms with Crippen molar-refractivity contribution in [3.8, 4) is 0 Å². The number of carbonyl (C=O) groups excluding carboxylic acids is 1. The number of hydrogen-bond acceptors (Lipinski definition) is 4. The Bertz CT molecular complexity index is 765. The fourth-order valence-electron chi connectivity index (χ4n) is 2.56. The van der Waals surface area contributed by atoms with Gasteiger partial charge in [0.25, 0.3) is 5.91 Å². The molecule has 0 aromatic heterocycles. The Morgan fingerprint density at radius 2 is 2.00 bits per heavy atom. The number of nitrogens with one attached hydrogen (secondary N) is 1. The Hall–Kier alpha value is -0.860. The molecule has 1 amide bonds. The first-order valence-corrected chi connectivity index (χ1v) is 9.94. The lowest BCUT2D eigenvalue weighted by molar-refractivity contribution is -0.0124. The second-order valence-electron chi connectivity index (χ2n) is 6.09. The van der Waals surface area contributed by atoms with E-state index in [4.69, 9.17) is 27.9 Å². The molecule has 1 heterocycles. The van der Waals surface area contributed by atoms with E-state index in [0.29, 0.717) is 19.7 Å². The zero-order valence-electron chi connectivity index (χ0n) is 13.1. The highest BCUT2D eigenvalue weighted by molar-refractivity contribution is 7.89. The van der Waals surface area contributed by atoms with Crippen molar-refractivity contribution in [1.29, 1.82) is 0 Å². The predicted molar refractivity (Wildman–Crippen MR) is 91.1 cm³/mol. The van der Waals surface area contributed by atoms with Crippen molar-refractivity contribution in [3.05, 3.63) is 27.7 Å². The maximum Gasteiger partial charge on any atom is 0.255 e. The van der Waals surface area contributed by atoms with Gasteiger partial charge in [-0.25, -0.2) is 13.1 Å². The molecule has 24 heavy (non-hydrogen) atoms. The third-order valence-corrected chi connectivity index (χ3v) is 6.27. The molecule has 1 aliphatic heterocycles. The van der Waals surface area contributed by atoms with Crippen LogP contribution in [0.2, 0.25) is 10.0 Å². The molecular formula is C15H18Cl2N2O4S. The van der Waals surface area contributed by atoms with Gasteiger partial charge in [0.2, 0.25) is 10.0 Å². The van der Waals surface area contributed by atoms with Crippen molar-refractivity contribution in [2.75, 3.05) is 19.7 Å². The minimum atomic E-state index is -3.78. The Morgan fingerprint density at radius 3 is 2.62 bits per heavy atom. The van der Waals surface area contributed by atoms with Crippen molar-refractivity contribution in [2.24, 2.45) is 0 Å². The molecule has 1 saturated carbocycles. The van der Waals surface area contributed by atoms with Crippen molar-refractivity contribution in [2.45, 2.75) is 36.8 Å². The summed E-state index contributed by atoms with van der Waals surface area (Å²) in [5.41, 5.74) is 0.131. The minimum Gasteiger partial charge on any atom is -0.375 e. The van der Waals surface area contributed by atoms with Gasteiger partial charge in [-0.2, -0.15) is 0 Å². The monoisotopic (exact) mass is 392 g/mol. The highest BCUT2D eigenvalue weighted by Crippen LogP contribution is 2.31. The van der Waals surface area contributed by atoms with Crippen molar-refractivity contribution < 1.29 is 17.9 Å². The van der Waals surface area contributed by atoms with Crippen LogP contribution in [0, 0.1) is 0 Å². The molecule has 1 aromatic carbocycles. The summed E-state index contributed by atoms with van der Waals surface area (Å²) in [7, 11) is -3.78. The van der Waals surface area contributed by atoms with Gasteiger partial charge in [-0.1, -0.05) is 23.2 Å². The Balaban J connectivity index is 1.93. The Morgan fingerprint density at radius 1 is 1.29 bits per heavy atom. The Kier molecular flexibility index (Phi) is 5.09. The van der Waals surface area contributed by atoms with E-state index in [2.05, 4.69) is 4.72 Å². The van der Waals surface area contributed by atoms with Crippen LogP contribution >= 0.6 is 23.2 Å². The van der Waals surface area contributed by atoms with Gasteiger partial charge in [-0.3, -0.25) is 4.79 Å². The molecule has 2 aliphatic rings. The number of hydrogen-bond donors (Lipinski definition) is 1. The summed E-state index contributed by atoms with van der Waals surface area (Å²) in [4.78, 5) is 14.2. The molecule has 132 valence electrons. The van der Waals surface area contributed by atoms with Crippen LogP contribution < -0.4 is 4.72 Å². The molecule has 0 spiro atoms. The first-order valence-electron chi connectivity index (χ1n) is 7.70. The van der Waals surface area contributed by atoms with Crippen LogP contribution in [0.3, 0.4) is 0 Å². The smallest absolute Gasteiger partial charge is 0.255 e. The number of sulfonamides is 1. The molecule has 1 aromatic rings. The molecule has 3 rings (SSSR count). The Labute approximate surface area is 151 Å². The summed E-state index contributed by atoms with van der Waals surface area (Å²) < 4.78 is 32.8. The molecule has 0 radical (unpaired) electrons. The minimum absolute atomic E-state index is 0.0000422. The standard InChI is InChI=1S/C15H18Cl2N2O4S/c1-9-8-19(4-5-23-9)15(20)11-6-14(13(17)7-12(11)16)24(21,22)18-10-2-3-10/h6-7,9-10,18H,2-5,8H2,1H3/t9-/m0/s1. The van der Waals surface area contributed by atoms with Gasteiger partial charge in [0, 0.05) is 19.1 Å². The lowest BCUT2D eigenvalue weighted by atomic mass is 10.1. The lowest BCUT2D eigenvalue weighted by Gasteiger charge is -2.31. The fraction of sp³-hybridized carbons (Fsp3) is 0.533. The lowest BCUT2D eigenvalue weighted by Crippen LogP contribution is -2.44. The topological polar surface area (TPSA) is 75.7 Å². The van der Waals surface area contributed by atoms with Crippen molar-refractivity contribution >= 4 is 39.1 Å². The number of morpholine rings is 1. The van der Waals surface area contributed by atoms with E-state index in [9.17, 15) is 13.2 Å². The van der Waals surface area contributed by atoms with Gasteiger partial charge in [0.1, 0.15) is 4.90 Å². The van der Waals surface area contributed by atoms with Gasteiger partial charge in [-0.15, -0.1) is 0 Å². The number of nitrogens with zero attached hydrogens (tertiary/aromatic N) is 1. The summed E-state index contributed by atoms with van der Waals surface area (Å²) in [5, 5.41) is 0.134. The number of benzene rings is 1. The third-order valence-electron chi connectivity index (χ3n) is 3.97. The van der Waals surface area contributed by atoms with Crippen LogP contribution in [0.4, 0.5) is 0 Å². The summed E-state index contributed by atoms with van der Waals surface area (Å²) in [5.74, 6) is -0.324. The van der Waals surface area contributed by atoms with Gasteiger partial charge in [0.05, 0.1) is 28.3 Å². The average molecular weight is 393 g/mol. The number of carbonyl (C=O) groups is 1. The summed E-state index contributed by atoms with van der Waals surface area (Å²) in [6.45, 7) is 3.18. The normalized spacial score (nSPS) is 21.8. The SMILES string of the molecule is C[C@H]1CN(C(=O)c2cc(S(=O)(=O)NC3CC3)c(Cl)cc2Cl)CCO1. The van der Waals surface area contributed by atoms with Gasteiger partial charge in [0.15, 0.2) is 0 Å². The van der Waals surface area contributed by atoms with E-state index in [0.717, 1.165) is 12.8 Å². The zero-order chi connectivity index (χ0) is 17.5. The summed E-state index contributed by atoms with van der Waals surface area (Å²) in [6.07, 6.45) is 1.54. The van der Waals surface area contributed by atoms with E-state index >= 15 is 0 Å². The first kappa shape index (κ1) is 17.9. The number of rotatable bonds is 4. The van der Waals surface area contributed by atoms with Crippen LogP contribution in [0.15, 0.2) is 17.0 Å². The summed E-state index contributed by atoms with van der Waals surface area (Å²) >= 11 is 12.2. The molecule has 9 heteroatoms. The van der Waals surface area contributed by atoms with E-state index in [1.54, 1.807) is 4.90 Å². The largest absolute Gasteiger partial charge is 0.375 e. The first-order chi connectivity index (χ1) is 11.3. The van der Waals surface area contributed by atoms with Crippen LogP contribution in [0.1, 0.15) is 30.1 Å². The van der Waals surface area contributed by atoms with Gasteiger partial charge < -0.3 is 9.64 Å². The molecule has 1 atom stereocenters. The molecular weight excluding hydrogens is 375 g/mol. The predicted octanol–water partition coefficient (Wildman–Crippen LogP) is 2.29. The van der Waals surface area contributed by atoms with Crippen LogP contribution in [0.25, 0.3) is 0 Å². The molecule has 6 nitrogen and oxygen atoms in total. The molecule has 1 N–H and O–H groups in total. The van der Waals surface area contributed by atoms with Crippen molar-refractivity contribution in [1.82, 2.24) is 9.62 Å². The molecule has 0 unspecified atom stereocenters. The maximum atomic E-state index is 12.7. The third kappa shape index (κ3) is 3.86. The fourth-order valence-corrected chi connectivity index (χ4v) is 4.72. The van der Waals surface area contributed by atoms with Crippen molar-refractivity contribution in [3.63, 3.8) is 0 Å². The van der Waals surface area contributed by atoms with E-state index in [1.807, 2.05) is 6.92 Å². The quantitative estimate of drug-likeness (QED) is 0.852.